The van der Waals surface area contributed by atoms with Crippen molar-refractivity contribution in [1.82, 2.24) is 0 Å². The monoisotopic (exact) mass is 287 g/mol. The van der Waals surface area contributed by atoms with Crippen LogP contribution in [-0.2, 0) is 11.2 Å². The largest absolute Gasteiger partial charge is 0.508 e. The Labute approximate surface area is 120 Å². The minimum absolute atomic E-state index is 0.00356. The number of amides is 1. The maximum atomic E-state index is 11.9. The minimum atomic E-state index is -1.16. The fraction of sp³-hybridized carbons (Fsp3) is 0.0667. The maximum absolute atomic E-state index is 11.9. The Balaban J connectivity index is 2.15. The predicted molar refractivity (Wildman–Crippen MR) is 75.5 cm³/mol. The van der Waals surface area contributed by atoms with Crippen molar-refractivity contribution in [3.8, 4) is 11.5 Å². The van der Waals surface area contributed by atoms with Crippen LogP contribution in [0.3, 0.4) is 0 Å². The smallest absolute Gasteiger partial charge is 0.335 e. The molecule has 0 radical (unpaired) electrons. The average molecular weight is 287 g/mol. The molecule has 2 aromatic carbocycles. The summed E-state index contributed by atoms with van der Waals surface area (Å²) in [5.41, 5.74) is 0.393. The molecule has 108 valence electrons. The van der Waals surface area contributed by atoms with Crippen molar-refractivity contribution in [2.75, 3.05) is 5.32 Å². The highest BCUT2D eigenvalue weighted by atomic mass is 16.4. The molecular formula is C15H13NO5. The molecule has 21 heavy (non-hydrogen) atoms. The number of carboxylic acids is 1. The van der Waals surface area contributed by atoms with E-state index in [2.05, 4.69) is 5.32 Å². The molecule has 6 nitrogen and oxygen atoms in total. The number of aromatic hydroxyl groups is 2. The van der Waals surface area contributed by atoms with Crippen LogP contribution in [0.5, 0.6) is 11.5 Å². The lowest BCUT2D eigenvalue weighted by atomic mass is 10.1. The van der Waals surface area contributed by atoms with Gasteiger partial charge in [0.05, 0.1) is 17.7 Å². The zero-order valence-electron chi connectivity index (χ0n) is 10.9. The number of carbonyl (C=O) groups excluding carboxylic acids is 1. The molecule has 1 amide bonds. The van der Waals surface area contributed by atoms with Gasteiger partial charge in [-0.25, -0.2) is 4.79 Å². The van der Waals surface area contributed by atoms with Crippen LogP contribution in [0.15, 0.2) is 42.5 Å². The summed E-state index contributed by atoms with van der Waals surface area (Å²) in [6, 6.07) is 9.98. The lowest BCUT2D eigenvalue weighted by molar-refractivity contribution is -0.115. The van der Waals surface area contributed by atoms with E-state index in [0.717, 1.165) is 0 Å². The van der Waals surface area contributed by atoms with E-state index in [-0.39, 0.29) is 29.2 Å². The van der Waals surface area contributed by atoms with Crippen LogP contribution in [0.2, 0.25) is 0 Å². The van der Waals surface area contributed by atoms with E-state index in [0.29, 0.717) is 5.56 Å². The molecule has 0 heterocycles. The van der Waals surface area contributed by atoms with Gasteiger partial charge in [0.1, 0.15) is 11.5 Å². The predicted octanol–water partition coefficient (Wildman–Crippen LogP) is 1.98. The molecule has 0 aromatic heterocycles. The number of nitrogens with one attached hydrogen (secondary N) is 1. The maximum Gasteiger partial charge on any atom is 0.335 e. The van der Waals surface area contributed by atoms with Gasteiger partial charge in [0.25, 0.3) is 0 Å². The SMILES string of the molecule is O=C(Cc1ccccc1O)Nc1cc(C(=O)O)ccc1O. The molecule has 0 saturated carbocycles. The lowest BCUT2D eigenvalue weighted by Gasteiger charge is -2.09. The summed E-state index contributed by atoms with van der Waals surface area (Å²) in [7, 11) is 0. The Hall–Kier alpha value is -3.02. The summed E-state index contributed by atoms with van der Waals surface area (Å²) in [6.07, 6.45) is -0.0938. The minimum Gasteiger partial charge on any atom is -0.508 e. The van der Waals surface area contributed by atoms with E-state index in [9.17, 15) is 19.8 Å². The molecule has 4 N–H and O–H groups in total. The van der Waals surface area contributed by atoms with Gasteiger partial charge in [0.15, 0.2) is 0 Å². The summed E-state index contributed by atoms with van der Waals surface area (Å²) in [4.78, 5) is 22.7. The van der Waals surface area contributed by atoms with Crippen LogP contribution >= 0.6 is 0 Å². The van der Waals surface area contributed by atoms with Crippen LogP contribution in [0, 0.1) is 0 Å². The van der Waals surface area contributed by atoms with E-state index >= 15 is 0 Å². The van der Waals surface area contributed by atoms with Gasteiger partial charge in [0.2, 0.25) is 5.91 Å². The van der Waals surface area contributed by atoms with Crippen molar-refractivity contribution in [3.05, 3.63) is 53.6 Å². The molecule has 0 bridgehead atoms. The molecule has 0 unspecified atom stereocenters. The van der Waals surface area contributed by atoms with Crippen LogP contribution in [0.4, 0.5) is 5.69 Å². The quantitative estimate of drug-likeness (QED) is 0.643. The van der Waals surface area contributed by atoms with E-state index in [4.69, 9.17) is 5.11 Å². The number of carbonyl (C=O) groups is 2. The summed E-state index contributed by atoms with van der Waals surface area (Å²) < 4.78 is 0. The molecule has 0 spiro atoms. The highest BCUT2D eigenvalue weighted by molar-refractivity contribution is 5.96. The van der Waals surface area contributed by atoms with Crippen molar-refractivity contribution < 1.29 is 24.9 Å². The lowest BCUT2D eigenvalue weighted by Crippen LogP contribution is -2.15. The van der Waals surface area contributed by atoms with Gasteiger partial charge in [-0.05, 0) is 24.3 Å². The zero-order valence-corrected chi connectivity index (χ0v) is 10.9. The first-order valence-electron chi connectivity index (χ1n) is 6.10. The molecule has 0 aliphatic carbocycles. The molecule has 0 fully saturated rings. The third-order valence-electron chi connectivity index (χ3n) is 2.86. The van der Waals surface area contributed by atoms with Gasteiger partial charge in [-0.1, -0.05) is 18.2 Å². The Morgan fingerprint density at radius 2 is 1.71 bits per heavy atom. The van der Waals surface area contributed by atoms with Crippen LogP contribution in [0.1, 0.15) is 15.9 Å². The molecule has 0 aliphatic rings. The van der Waals surface area contributed by atoms with Gasteiger partial charge in [-0.15, -0.1) is 0 Å². The highest BCUT2D eigenvalue weighted by Crippen LogP contribution is 2.25. The molecule has 0 aliphatic heterocycles. The van der Waals surface area contributed by atoms with Crippen LogP contribution < -0.4 is 5.32 Å². The first kappa shape index (κ1) is 14.4. The van der Waals surface area contributed by atoms with Crippen molar-refractivity contribution in [3.63, 3.8) is 0 Å². The number of hydrogen-bond acceptors (Lipinski definition) is 4. The fourth-order valence-corrected chi connectivity index (χ4v) is 1.80. The number of anilines is 1. The summed E-state index contributed by atoms with van der Waals surface area (Å²) in [6.45, 7) is 0. The third kappa shape index (κ3) is 3.50. The number of phenols is 2. The molecule has 0 saturated heterocycles. The number of benzene rings is 2. The second-order valence-electron chi connectivity index (χ2n) is 4.39. The summed E-state index contributed by atoms with van der Waals surface area (Å²) in [5.74, 6) is -1.87. The van der Waals surface area contributed by atoms with E-state index < -0.39 is 11.9 Å². The van der Waals surface area contributed by atoms with Crippen molar-refractivity contribution >= 4 is 17.6 Å². The number of rotatable bonds is 4. The second kappa shape index (κ2) is 5.96. The highest BCUT2D eigenvalue weighted by Gasteiger charge is 2.12. The van der Waals surface area contributed by atoms with Gasteiger partial charge < -0.3 is 20.6 Å². The van der Waals surface area contributed by atoms with Gasteiger partial charge in [-0.3, -0.25) is 4.79 Å². The van der Waals surface area contributed by atoms with E-state index in [1.54, 1.807) is 18.2 Å². The van der Waals surface area contributed by atoms with E-state index in [1.165, 1.54) is 24.3 Å². The van der Waals surface area contributed by atoms with E-state index in [1.807, 2.05) is 0 Å². The van der Waals surface area contributed by atoms with Gasteiger partial charge in [0, 0.05) is 5.56 Å². The topological polar surface area (TPSA) is 107 Å². The summed E-state index contributed by atoms with van der Waals surface area (Å²) >= 11 is 0. The molecule has 2 rings (SSSR count). The van der Waals surface area contributed by atoms with Gasteiger partial charge >= 0.3 is 5.97 Å². The average Bonchev–Trinajstić information content (AvgIpc) is 2.43. The fourth-order valence-electron chi connectivity index (χ4n) is 1.80. The number of carboxylic acid groups (broad SMARTS) is 1. The summed E-state index contributed by atoms with van der Waals surface area (Å²) in [5, 5.41) is 30.5. The Morgan fingerprint density at radius 3 is 2.38 bits per heavy atom. The number of phenolic OH excluding ortho intramolecular Hbond substituents is 2. The van der Waals surface area contributed by atoms with Crippen LogP contribution in [0.25, 0.3) is 0 Å². The van der Waals surface area contributed by atoms with Crippen molar-refractivity contribution in [1.29, 1.82) is 0 Å². The number of hydrogen-bond donors (Lipinski definition) is 4. The number of para-hydroxylation sites is 1. The van der Waals surface area contributed by atoms with Crippen molar-refractivity contribution in [2.24, 2.45) is 0 Å². The number of aromatic carboxylic acids is 1. The third-order valence-corrected chi connectivity index (χ3v) is 2.86. The molecule has 2 aromatic rings. The van der Waals surface area contributed by atoms with Crippen molar-refractivity contribution in [2.45, 2.75) is 6.42 Å². The molecule has 0 atom stereocenters. The normalized spacial score (nSPS) is 10.1. The first-order chi connectivity index (χ1) is 9.97. The Morgan fingerprint density at radius 1 is 1.00 bits per heavy atom. The van der Waals surface area contributed by atoms with Crippen LogP contribution in [-0.4, -0.2) is 27.2 Å². The Bertz CT molecular complexity index is 696. The molecular weight excluding hydrogens is 274 g/mol. The first-order valence-corrected chi connectivity index (χ1v) is 6.10. The second-order valence-corrected chi connectivity index (χ2v) is 4.39. The van der Waals surface area contributed by atoms with Gasteiger partial charge in [-0.2, -0.15) is 0 Å². The standard InChI is InChI=1S/C15H13NO5/c17-12-4-2-1-3-9(12)8-14(19)16-11-7-10(15(20)21)5-6-13(11)18/h1-7,17-18H,8H2,(H,16,19)(H,20,21). The molecule has 6 heteroatoms. The Kier molecular flexibility index (Phi) is 4.08. The zero-order chi connectivity index (χ0) is 15.4.